The van der Waals surface area contributed by atoms with Crippen LogP contribution >= 0.6 is 0 Å². The first-order chi connectivity index (χ1) is 9.76. The lowest BCUT2D eigenvalue weighted by molar-refractivity contribution is 0.262. The molecule has 0 atom stereocenters. The molecule has 0 saturated heterocycles. The maximum atomic E-state index is 9.63. The van der Waals surface area contributed by atoms with Crippen molar-refractivity contribution < 1.29 is 14.3 Å². The van der Waals surface area contributed by atoms with E-state index in [2.05, 4.69) is 0 Å². The van der Waals surface area contributed by atoms with Crippen LogP contribution in [0, 0.1) is 0 Å². The highest BCUT2D eigenvalue weighted by molar-refractivity contribution is 5.78. The van der Waals surface area contributed by atoms with Crippen LogP contribution in [0.15, 0.2) is 52.9 Å². The Bertz CT molecular complexity index is 733. The van der Waals surface area contributed by atoms with Crippen LogP contribution in [0.4, 0.5) is 0 Å². The second kappa shape index (κ2) is 5.27. The van der Waals surface area contributed by atoms with Crippen molar-refractivity contribution >= 4 is 11.0 Å². The Morgan fingerprint density at radius 1 is 1.10 bits per heavy atom. The van der Waals surface area contributed by atoms with Gasteiger partial charge in [0.05, 0.1) is 0 Å². The highest BCUT2D eigenvalue weighted by Gasteiger charge is 2.07. The molecule has 3 aromatic rings. The third-order valence-electron chi connectivity index (χ3n) is 3.10. The van der Waals surface area contributed by atoms with Gasteiger partial charge < -0.3 is 20.0 Å². The standard InChI is InChI=1S/C16H15NO3/c17-9-11-5-6-15-12(7-11)8-13(20-15)10-19-16-4-2-1-3-14(16)18/h1-8,18H,9-10,17H2. The molecule has 102 valence electrons. The van der Waals surface area contributed by atoms with Crippen molar-refractivity contribution in [1.29, 1.82) is 0 Å². The van der Waals surface area contributed by atoms with E-state index in [1.807, 2.05) is 24.3 Å². The number of nitrogens with two attached hydrogens (primary N) is 1. The molecule has 0 aliphatic heterocycles. The summed E-state index contributed by atoms with van der Waals surface area (Å²) in [5.41, 5.74) is 7.48. The molecule has 0 saturated carbocycles. The summed E-state index contributed by atoms with van der Waals surface area (Å²) >= 11 is 0. The number of fused-ring (bicyclic) bond motifs is 1. The molecule has 4 heteroatoms. The summed E-state index contributed by atoms with van der Waals surface area (Å²) in [6.07, 6.45) is 0. The zero-order chi connectivity index (χ0) is 13.9. The second-order valence-electron chi connectivity index (χ2n) is 4.55. The molecule has 20 heavy (non-hydrogen) atoms. The van der Waals surface area contributed by atoms with Gasteiger partial charge in [0.1, 0.15) is 18.0 Å². The van der Waals surface area contributed by atoms with Crippen LogP contribution in [0.3, 0.4) is 0 Å². The van der Waals surface area contributed by atoms with Crippen LogP contribution in [-0.2, 0) is 13.2 Å². The molecule has 0 fully saturated rings. The van der Waals surface area contributed by atoms with E-state index in [0.29, 0.717) is 18.1 Å². The van der Waals surface area contributed by atoms with Gasteiger partial charge in [0.25, 0.3) is 0 Å². The summed E-state index contributed by atoms with van der Waals surface area (Å²) in [4.78, 5) is 0. The molecule has 0 unspecified atom stereocenters. The number of phenols is 1. The lowest BCUT2D eigenvalue weighted by atomic mass is 10.1. The molecule has 0 aliphatic carbocycles. The summed E-state index contributed by atoms with van der Waals surface area (Å²) in [6.45, 7) is 0.773. The molecule has 0 amide bonds. The summed E-state index contributed by atoms with van der Waals surface area (Å²) in [6, 6.07) is 14.6. The van der Waals surface area contributed by atoms with Crippen molar-refractivity contribution in [2.24, 2.45) is 5.73 Å². The average molecular weight is 269 g/mol. The van der Waals surface area contributed by atoms with Crippen LogP contribution in [-0.4, -0.2) is 5.11 Å². The van der Waals surface area contributed by atoms with Gasteiger partial charge in [-0.05, 0) is 35.9 Å². The largest absolute Gasteiger partial charge is 0.504 e. The maximum Gasteiger partial charge on any atom is 0.161 e. The highest BCUT2D eigenvalue weighted by atomic mass is 16.5. The van der Waals surface area contributed by atoms with Gasteiger partial charge in [0, 0.05) is 11.9 Å². The fourth-order valence-corrected chi connectivity index (χ4v) is 2.07. The first-order valence-electron chi connectivity index (χ1n) is 6.38. The molecule has 0 aliphatic rings. The third kappa shape index (κ3) is 2.46. The number of ether oxygens (including phenoxy) is 1. The Balaban J connectivity index is 1.79. The maximum absolute atomic E-state index is 9.63. The average Bonchev–Trinajstić information content (AvgIpc) is 2.88. The van der Waals surface area contributed by atoms with Crippen LogP contribution < -0.4 is 10.5 Å². The van der Waals surface area contributed by atoms with E-state index < -0.39 is 0 Å². The number of hydrogen-bond donors (Lipinski definition) is 2. The van der Waals surface area contributed by atoms with E-state index in [1.165, 1.54) is 0 Å². The minimum atomic E-state index is 0.119. The van der Waals surface area contributed by atoms with Gasteiger partial charge in [-0.1, -0.05) is 18.2 Å². The molecular formula is C16H15NO3. The van der Waals surface area contributed by atoms with Crippen molar-refractivity contribution in [2.45, 2.75) is 13.2 Å². The fraction of sp³-hybridized carbons (Fsp3) is 0.125. The smallest absolute Gasteiger partial charge is 0.161 e. The summed E-state index contributed by atoms with van der Waals surface area (Å²) in [7, 11) is 0. The lowest BCUT2D eigenvalue weighted by Gasteiger charge is -2.05. The molecule has 3 rings (SSSR count). The Morgan fingerprint density at radius 3 is 2.75 bits per heavy atom. The number of benzene rings is 2. The van der Waals surface area contributed by atoms with Crippen molar-refractivity contribution in [3.8, 4) is 11.5 Å². The molecule has 0 bridgehead atoms. The first kappa shape index (κ1) is 12.6. The summed E-state index contributed by atoms with van der Waals surface area (Å²) < 4.78 is 11.2. The quantitative estimate of drug-likeness (QED) is 0.763. The van der Waals surface area contributed by atoms with Gasteiger partial charge in [-0.25, -0.2) is 0 Å². The third-order valence-corrected chi connectivity index (χ3v) is 3.10. The predicted molar refractivity (Wildman–Crippen MR) is 76.5 cm³/mol. The zero-order valence-electron chi connectivity index (χ0n) is 10.9. The zero-order valence-corrected chi connectivity index (χ0v) is 10.9. The normalized spacial score (nSPS) is 10.8. The molecule has 4 nitrogen and oxygen atoms in total. The van der Waals surface area contributed by atoms with Crippen molar-refractivity contribution in [2.75, 3.05) is 0 Å². The molecule has 3 N–H and O–H groups in total. The van der Waals surface area contributed by atoms with E-state index in [9.17, 15) is 5.11 Å². The molecular weight excluding hydrogens is 254 g/mol. The number of furan rings is 1. The van der Waals surface area contributed by atoms with Crippen molar-refractivity contribution in [3.63, 3.8) is 0 Å². The Labute approximate surface area is 116 Å². The van der Waals surface area contributed by atoms with E-state index in [4.69, 9.17) is 14.9 Å². The second-order valence-corrected chi connectivity index (χ2v) is 4.55. The minimum Gasteiger partial charge on any atom is -0.504 e. The molecule has 1 heterocycles. The van der Waals surface area contributed by atoms with E-state index in [0.717, 1.165) is 16.5 Å². The number of para-hydroxylation sites is 2. The molecule has 0 radical (unpaired) electrons. The number of aromatic hydroxyl groups is 1. The lowest BCUT2D eigenvalue weighted by Crippen LogP contribution is -1.94. The van der Waals surface area contributed by atoms with E-state index in [-0.39, 0.29) is 12.4 Å². The minimum absolute atomic E-state index is 0.119. The van der Waals surface area contributed by atoms with Crippen LogP contribution in [0.2, 0.25) is 0 Å². The van der Waals surface area contributed by atoms with Crippen LogP contribution in [0.25, 0.3) is 11.0 Å². The predicted octanol–water partition coefficient (Wildman–Crippen LogP) is 3.18. The van der Waals surface area contributed by atoms with E-state index in [1.54, 1.807) is 24.3 Å². The topological polar surface area (TPSA) is 68.6 Å². The monoisotopic (exact) mass is 269 g/mol. The summed E-state index contributed by atoms with van der Waals surface area (Å²) in [5, 5.41) is 10.6. The van der Waals surface area contributed by atoms with Gasteiger partial charge in [-0.15, -0.1) is 0 Å². The molecule has 2 aromatic carbocycles. The van der Waals surface area contributed by atoms with Crippen molar-refractivity contribution in [3.05, 3.63) is 59.9 Å². The van der Waals surface area contributed by atoms with Gasteiger partial charge in [0.2, 0.25) is 0 Å². The number of rotatable bonds is 4. The van der Waals surface area contributed by atoms with E-state index >= 15 is 0 Å². The molecule has 1 aromatic heterocycles. The highest BCUT2D eigenvalue weighted by Crippen LogP contribution is 2.27. The van der Waals surface area contributed by atoms with Crippen LogP contribution in [0.5, 0.6) is 11.5 Å². The number of hydrogen-bond acceptors (Lipinski definition) is 4. The van der Waals surface area contributed by atoms with Gasteiger partial charge in [0.15, 0.2) is 11.5 Å². The SMILES string of the molecule is NCc1ccc2oc(COc3ccccc3O)cc2c1. The number of phenolic OH excluding ortho intramolecular Hbond substituents is 1. The van der Waals surface area contributed by atoms with Crippen LogP contribution in [0.1, 0.15) is 11.3 Å². The fourth-order valence-electron chi connectivity index (χ4n) is 2.07. The molecule has 0 spiro atoms. The summed E-state index contributed by atoms with van der Waals surface area (Å²) in [5.74, 6) is 1.27. The van der Waals surface area contributed by atoms with Gasteiger partial charge >= 0.3 is 0 Å². The van der Waals surface area contributed by atoms with Gasteiger partial charge in [-0.3, -0.25) is 0 Å². The Kier molecular flexibility index (Phi) is 3.31. The Morgan fingerprint density at radius 2 is 1.95 bits per heavy atom. The Hall–Kier alpha value is -2.46. The first-order valence-corrected chi connectivity index (χ1v) is 6.38. The van der Waals surface area contributed by atoms with Crippen molar-refractivity contribution in [1.82, 2.24) is 0 Å². The van der Waals surface area contributed by atoms with Gasteiger partial charge in [-0.2, -0.15) is 0 Å².